The number of hydrogen-bond donors (Lipinski definition) is 0. The summed E-state index contributed by atoms with van der Waals surface area (Å²) in [4.78, 5) is 0. The Morgan fingerprint density at radius 1 is 0.870 bits per heavy atom. The molecule has 0 aromatic heterocycles. The minimum absolute atomic E-state index is 0.394. The van der Waals surface area contributed by atoms with Gasteiger partial charge in [-0.3, -0.25) is 0 Å². The largest absolute Gasteiger partial charge is 0.497 e. The van der Waals surface area contributed by atoms with E-state index in [1.165, 1.54) is 27.8 Å². The van der Waals surface area contributed by atoms with Gasteiger partial charge in [-0.15, -0.1) is 0 Å². The van der Waals surface area contributed by atoms with Gasteiger partial charge in [0, 0.05) is 10.4 Å². The van der Waals surface area contributed by atoms with E-state index in [0.717, 1.165) is 16.6 Å². The Labute approximate surface area is 145 Å². The topological polar surface area (TPSA) is 9.23 Å². The SMILES string of the molecule is COc1ccc(Br)c(CC2c3ccccc3-c3ccccc32)c1. The van der Waals surface area contributed by atoms with Crippen LogP contribution in [0.5, 0.6) is 5.75 Å². The van der Waals surface area contributed by atoms with E-state index in [9.17, 15) is 0 Å². The van der Waals surface area contributed by atoms with Gasteiger partial charge < -0.3 is 4.74 Å². The quantitative estimate of drug-likeness (QED) is 0.569. The van der Waals surface area contributed by atoms with Crippen LogP contribution in [0.3, 0.4) is 0 Å². The first-order chi connectivity index (χ1) is 11.3. The minimum Gasteiger partial charge on any atom is -0.497 e. The number of methoxy groups -OCH3 is 1. The number of halogens is 1. The Bertz CT molecular complexity index is 824. The summed E-state index contributed by atoms with van der Waals surface area (Å²) in [5.74, 6) is 1.30. The predicted molar refractivity (Wildman–Crippen MR) is 98.1 cm³/mol. The van der Waals surface area contributed by atoms with Gasteiger partial charge in [-0.2, -0.15) is 0 Å². The lowest BCUT2D eigenvalue weighted by Crippen LogP contribution is -2.02. The maximum atomic E-state index is 5.39. The molecule has 0 N–H and O–H groups in total. The zero-order valence-electron chi connectivity index (χ0n) is 12.9. The Morgan fingerprint density at radius 2 is 1.48 bits per heavy atom. The van der Waals surface area contributed by atoms with Crippen LogP contribution in [0.1, 0.15) is 22.6 Å². The van der Waals surface area contributed by atoms with Gasteiger partial charge in [0.1, 0.15) is 5.75 Å². The fraction of sp³-hybridized carbons (Fsp3) is 0.143. The molecule has 3 aromatic carbocycles. The van der Waals surface area contributed by atoms with Crippen LogP contribution in [0.25, 0.3) is 11.1 Å². The van der Waals surface area contributed by atoms with Gasteiger partial charge in [0.25, 0.3) is 0 Å². The van der Waals surface area contributed by atoms with Gasteiger partial charge in [0.2, 0.25) is 0 Å². The fourth-order valence-corrected chi connectivity index (χ4v) is 3.94. The van der Waals surface area contributed by atoms with Crippen molar-refractivity contribution in [2.45, 2.75) is 12.3 Å². The maximum absolute atomic E-state index is 5.39. The molecular weight excluding hydrogens is 348 g/mol. The monoisotopic (exact) mass is 364 g/mol. The van der Waals surface area contributed by atoms with Crippen molar-refractivity contribution in [3.05, 3.63) is 87.9 Å². The second-order valence-corrected chi connectivity index (χ2v) is 6.74. The number of ether oxygens (including phenoxy) is 1. The van der Waals surface area contributed by atoms with E-state index in [0.29, 0.717) is 5.92 Å². The molecule has 0 heterocycles. The molecule has 4 rings (SSSR count). The summed E-state index contributed by atoms with van der Waals surface area (Å²) in [5, 5.41) is 0. The third-order valence-corrected chi connectivity index (χ3v) is 5.41. The fourth-order valence-electron chi connectivity index (χ4n) is 3.53. The zero-order chi connectivity index (χ0) is 15.8. The molecule has 0 spiro atoms. The lowest BCUT2D eigenvalue weighted by atomic mass is 9.90. The average molecular weight is 365 g/mol. The second kappa shape index (κ2) is 5.86. The average Bonchev–Trinajstić information content (AvgIpc) is 2.91. The van der Waals surface area contributed by atoms with Crippen LogP contribution in [-0.4, -0.2) is 7.11 Å². The molecule has 0 radical (unpaired) electrons. The van der Waals surface area contributed by atoms with E-state index in [-0.39, 0.29) is 0 Å². The van der Waals surface area contributed by atoms with Crippen molar-refractivity contribution in [2.24, 2.45) is 0 Å². The van der Waals surface area contributed by atoms with E-state index in [1.54, 1.807) is 7.11 Å². The predicted octanol–water partition coefficient (Wildman–Crippen LogP) is 5.81. The first kappa shape index (κ1) is 14.5. The Morgan fingerprint density at radius 3 is 2.09 bits per heavy atom. The third kappa shape index (κ3) is 2.47. The lowest BCUT2D eigenvalue weighted by Gasteiger charge is -2.15. The molecule has 0 unspecified atom stereocenters. The highest BCUT2D eigenvalue weighted by molar-refractivity contribution is 9.10. The van der Waals surface area contributed by atoms with Gasteiger partial charge >= 0.3 is 0 Å². The van der Waals surface area contributed by atoms with Gasteiger partial charge in [-0.25, -0.2) is 0 Å². The van der Waals surface area contributed by atoms with Crippen LogP contribution in [-0.2, 0) is 6.42 Å². The molecule has 114 valence electrons. The molecule has 0 saturated heterocycles. The van der Waals surface area contributed by atoms with Crippen LogP contribution >= 0.6 is 15.9 Å². The Balaban J connectivity index is 1.81. The smallest absolute Gasteiger partial charge is 0.119 e. The van der Waals surface area contributed by atoms with Crippen molar-refractivity contribution in [1.29, 1.82) is 0 Å². The molecule has 1 aliphatic carbocycles. The number of rotatable bonds is 3. The van der Waals surface area contributed by atoms with E-state index in [4.69, 9.17) is 4.74 Å². The number of fused-ring (bicyclic) bond motifs is 3. The summed E-state index contributed by atoms with van der Waals surface area (Å²) >= 11 is 3.69. The maximum Gasteiger partial charge on any atom is 0.119 e. The first-order valence-electron chi connectivity index (χ1n) is 7.78. The lowest BCUT2D eigenvalue weighted by molar-refractivity contribution is 0.414. The van der Waals surface area contributed by atoms with E-state index < -0.39 is 0 Å². The molecule has 0 atom stereocenters. The van der Waals surface area contributed by atoms with Crippen molar-refractivity contribution < 1.29 is 4.74 Å². The van der Waals surface area contributed by atoms with Crippen LogP contribution in [0.4, 0.5) is 0 Å². The summed E-state index contributed by atoms with van der Waals surface area (Å²) in [6.07, 6.45) is 0.964. The van der Waals surface area contributed by atoms with Crippen LogP contribution in [0.2, 0.25) is 0 Å². The van der Waals surface area contributed by atoms with Crippen molar-refractivity contribution in [1.82, 2.24) is 0 Å². The zero-order valence-corrected chi connectivity index (χ0v) is 14.5. The van der Waals surface area contributed by atoms with E-state index in [1.807, 2.05) is 6.07 Å². The summed E-state index contributed by atoms with van der Waals surface area (Å²) in [5.41, 5.74) is 6.85. The molecule has 1 nitrogen and oxygen atoms in total. The molecule has 0 aliphatic heterocycles. The van der Waals surface area contributed by atoms with E-state index in [2.05, 4.69) is 76.6 Å². The van der Waals surface area contributed by atoms with Gasteiger partial charge in [-0.1, -0.05) is 64.5 Å². The Kier molecular flexibility index (Phi) is 3.70. The molecule has 2 heteroatoms. The van der Waals surface area contributed by atoms with Gasteiger partial charge in [0.15, 0.2) is 0 Å². The molecule has 0 saturated carbocycles. The highest BCUT2D eigenvalue weighted by Crippen LogP contribution is 2.46. The summed E-state index contributed by atoms with van der Waals surface area (Å²) in [7, 11) is 1.72. The summed E-state index contributed by atoms with van der Waals surface area (Å²) in [6, 6.07) is 23.7. The third-order valence-electron chi connectivity index (χ3n) is 4.64. The van der Waals surface area contributed by atoms with Crippen LogP contribution in [0, 0.1) is 0 Å². The normalized spacial score (nSPS) is 12.8. The highest BCUT2D eigenvalue weighted by Gasteiger charge is 2.28. The van der Waals surface area contributed by atoms with Crippen LogP contribution < -0.4 is 4.74 Å². The Hall–Kier alpha value is -2.06. The van der Waals surface area contributed by atoms with Crippen LogP contribution in [0.15, 0.2) is 71.2 Å². The molecule has 23 heavy (non-hydrogen) atoms. The number of benzene rings is 3. The second-order valence-electron chi connectivity index (χ2n) is 5.89. The van der Waals surface area contributed by atoms with Crippen molar-refractivity contribution >= 4 is 15.9 Å². The molecule has 1 aliphatic rings. The molecule has 3 aromatic rings. The standard InChI is InChI=1S/C21H17BrO/c1-23-15-10-11-21(22)14(12-15)13-20-18-8-4-2-6-16(18)17-7-3-5-9-19(17)20/h2-12,20H,13H2,1H3. The van der Waals surface area contributed by atoms with Crippen molar-refractivity contribution in [3.63, 3.8) is 0 Å². The van der Waals surface area contributed by atoms with Crippen molar-refractivity contribution in [3.8, 4) is 16.9 Å². The molecular formula is C21H17BrO. The minimum atomic E-state index is 0.394. The van der Waals surface area contributed by atoms with Gasteiger partial charge in [0.05, 0.1) is 7.11 Å². The molecule has 0 amide bonds. The molecule has 0 bridgehead atoms. The highest BCUT2D eigenvalue weighted by atomic mass is 79.9. The number of hydrogen-bond acceptors (Lipinski definition) is 1. The summed E-state index contributed by atoms with van der Waals surface area (Å²) in [6.45, 7) is 0. The first-order valence-corrected chi connectivity index (χ1v) is 8.58. The molecule has 0 fully saturated rings. The van der Waals surface area contributed by atoms with Gasteiger partial charge in [-0.05, 0) is 52.4 Å². The van der Waals surface area contributed by atoms with Crippen molar-refractivity contribution in [2.75, 3.05) is 7.11 Å². The summed E-state index contributed by atoms with van der Waals surface area (Å²) < 4.78 is 6.53. The van der Waals surface area contributed by atoms with E-state index >= 15 is 0 Å².